The number of methoxy groups -OCH3 is 1. The largest absolute Gasteiger partial charge is 0.497 e. The number of rotatable bonds is 9. The molecule has 4 rings (SSSR count). The van der Waals surface area contributed by atoms with E-state index in [-0.39, 0.29) is 12.3 Å². The summed E-state index contributed by atoms with van der Waals surface area (Å²) in [7, 11) is -3.48. The number of aliphatic hydroxyl groups is 1. The van der Waals surface area contributed by atoms with Crippen LogP contribution in [0, 0.1) is 6.92 Å². The van der Waals surface area contributed by atoms with Crippen molar-refractivity contribution in [2.75, 3.05) is 13.7 Å². The molecule has 0 spiro atoms. The molecule has 13 nitrogen and oxygen atoms in total. The highest BCUT2D eigenvalue weighted by Gasteiger charge is 2.60. The molecule has 2 aromatic heterocycles. The number of phosphoric ester groups is 1. The highest BCUT2D eigenvalue weighted by molar-refractivity contribution is 7.46. The molecule has 0 bridgehead atoms. The van der Waals surface area contributed by atoms with Gasteiger partial charge in [-0.05, 0) is 36.8 Å². The average Bonchev–Trinajstić information content (AvgIpc) is 3.35. The maximum atomic E-state index is 14.6. The lowest BCUT2D eigenvalue weighted by Crippen LogP contribution is -2.42. The molecule has 0 radical (unpaired) electrons. The lowest BCUT2D eigenvalue weighted by molar-refractivity contribution is -0.144. The van der Waals surface area contributed by atoms with Gasteiger partial charge >= 0.3 is 25.4 Å². The Morgan fingerprint density at radius 3 is 2.68 bits per heavy atom. The third-order valence-corrected chi connectivity index (χ3v) is 6.18. The van der Waals surface area contributed by atoms with Crippen LogP contribution in [0.4, 0.5) is 8.78 Å². The van der Waals surface area contributed by atoms with Crippen molar-refractivity contribution >= 4 is 24.8 Å². The molecule has 3 N–H and O–H groups in total. The summed E-state index contributed by atoms with van der Waals surface area (Å²) in [5, 5.41) is 10.6. The fraction of sp³-hybridized carbons (Fsp3) is 0.409. The number of ether oxygens (including phenoxy) is 3. The molecular weight excluding hydrogens is 537 g/mol. The Morgan fingerprint density at radius 1 is 1.29 bits per heavy atom. The quantitative estimate of drug-likeness (QED) is 0.255. The minimum Gasteiger partial charge on any atom is -0.497 e. The van der Waals surface area contributed by atoms with Gasteiger partial charge in [0.2, 0.25) is 6.23 Å². The fourth-order valence-electron chi connectivity index (χ4n) is 3.89. The zero-order valence-electron chi connectivity index (χ0n) is 19.9. The Labute approximate surface area is 212 Å². The summed E-state index contributed by atoms with van der Waals surface area (Å²) in [4.78, 5) is 45.8. The Balaban J connectivity index is 1.40. The van der Waals surface area contributed by atoms with E-state index < -0.39 is 56.9 Å². The number of carbonyl (C=O) groups excluding carboxylic acids is 1. The third-order valence-electron chi connectivity index (χ3n) is 5.69. The van der Waals surface area contributed by atoms with Crippen LogP contribution in [0.25, 0.3) is 11.0 Å². The highest BCUT2D eigenvalue weighted by atomic mass is 31.2. The fourth-order valence-corrected chi connectivity index (χ4v) is 4.23. The van der Waals surface area contributed by atoms with Crippen molar-refractivity contribution in [1.82, 2.24) is 9.55 Å². The maximum absolute atomic E-state index is 14.6. The van der Waals surface area contributed by atoms with Crippen LogP contribution in [-0.4, -0.2) is 62.3 Å². The number of halogens is 2. The highest BCUT2D eigenvalue weighted by Crippen LogP contribution is 2.44. The zero-order valence-corrected chi connectivity index (χ0v) is 20.8. The van der Waals surface area contributed by atoms with E-state index in [2.05, 4.69) is 9.51 Å². The molecule has 3 heterocycles. The Bertz CT molecular complexity index is 1450. The number of benzene rings is 1. The SMILES string of the molecule is COc1cc(C)c2oc(COC(=O)Cc3ccn([C@@H]4O[C@H](COP(=O)(O)O)[C@@H](O)C4(F)F)c(=O)n3)cc2c1. The molecule has 16 heteroatoms. The summed E-state index contributed by atoms with van der Waals surface area (Å²) in [6, 6.07) is 6.36. The van der Waals surface area contributed by atoms with Crippen molar-refractivity contribution < 1.29 is 56.2 Å². The van der Waals surface area contributed by atoms with Gasteiger partial charge in [-0.25, -0.2) is 9.36 Å². The van der Waals surface area contributed by atoms with Gasteiger partial charge in [-0.1, -0.05) is 0 Å². The summed E-state index contributed by atoms with van der Waals surface area (Å²) < 4.78 is 65.5. The molecule has 0 saturated carbocycles. The molecule has 1 saturated heterocycles. The van der Waals surface area contributed by atoms with Gasteiger partial charge in [-0.2, -0.15) is 13.8 Å². The smallest absolute Gasteiger partial charge is 0.469 e. The molecule has 0 unspecified atom stereocenters. The molecule has 1 aromatic carbocycles. The van der Waals surface area contributed by atoms with Crippen molar-refractivity contribution in [1.29, 1.82) is 0 Å². The summed E-state index contributed by atoms with van der Waals surface area (Å²) in [5.74, 6) is -3.79. The van der Waals surface area contributed by atoms with Crippen molar-refractivity contribution in [2.24, 2.45) is 0 Å². The Morgan fingerprint density at radius 2 is 2.03 bits per heavy atom. The van der Waals surface area contributed by atoms with Gasteiger partial charge in [-0.3, -0.25) is 13.9 Å². The molecule has 38 heavy (non-hydrogen) atoms. The number of esters is 1. The molecule has 1 fully saturated rings. The van der Waals surface area contributed by atoms with E-state index in [9.17, 15) is 28.0 Å². The lowest BCUT2D eigenvalue weighted by Gasteiger charge is -2.21. The van der Waals surface area contributed by atoms with Crippen LogP contribution in [-0.2, 0) is 36.4 Å². The summed E-state index contributed by atoms with van der Waals surface area (Å²) in [6.45, 7) is 0.577. The van der Waals surface area contributed by atoms with Crippen LogP contribution in [0.5, 0.6) is 5.75 Å². The first-order valence-electron chi connectivity index (χ1n) is 11.0. The van der Waals surface area contributed by atoms with Gasteiger partial charge < -0.3 is 33.5 Å². The lowest BCUT2D eigenvalue weighted by atomic mass is 10.1. The summed E-state index contributed by atoms with van der Waals surface area (Å²) in [6.07, 6.45) is -6.26. The van der Waals surface area contributed by atoms with E-state index in [1.54, 1.807) is 18.2 Å². The zero-order chi connectivity index (χ0) is 27.8. The van der Waals surface area contributed by atoms with E-state index in [1.165, 1.54) is 7.11 Å². The van der Waals surface area contributed by atoms with Gasteiger partial charge in [0.15, 0.2) is 6.10 Å². The number of phosphoric acid groups is 1. The van der Waals surface area contributed by atoms with Gasteiger partial charge in [-0.15, -0.1) is 0 Å². The average molecular weight is 560 g/mol. The number of nitrogens with zero attached hydrogens (tertiary/aromatic N) is 2. The molecule has 206 valence electrons. The predicted molar refractivity (Wildman–Crippen MR) is 122 cm³/mol. The van der Waals surface area contributed by atoms with Gasteiger partial charge in [0.25, 0.3) is 0 Å². The number of alkyl halides is 2. The Kier molecular flexibility index (Phi) is 7.70. The van der Waals surface area contributed by atoms with Gasteiger partial charge in [0, 0.05) is 11.6 Å². The van der Waals surface area contributed by atoms with E-state index in [0.29, 0.717) is 21.7 Å². The first kappa shape index (κ1) is 27.8. The Hall–Kier alpha value is -3.20. The normalized spacial score (nSPS) is 21.1. The predicted octanol–water partition coefficient (Wildman–Crippen LogP) is 1.60. The second kappa shape index (κ2) is 10.5. The number of fused-ring (bicyclic) bond motifs is 1. The number of aliphatic hydroxyl groups excluding tert-OH is 1. The summed E-state index contributed by atoms with van der Waals surface area (Å²) >= 11 is 0. The maximum Gasteiger partial charge on any atom is 0.469 e. The van der Waals surface area contributed by atoms with Crippen LogP contribution in [0.2, 0.25) is 0 Å². The molecule has 0 amide bonds. The summed E-state index contributed by atoms with van der Waals surface area (Å²) in [5.41, 5.74) is 0.135. The monoisotopic (exact) mass is 560 g/mol. The molecule has 3 atom stereocenters. The van der Waals surface area contributed by atoms with Crippen molar-refractivity contribution in [3.05, 3.63) is 58.0 Å². The molecule has 1 aliphatic heterocycles. The minimum atomic E-state index is -5.02. The van der Waals surface area contributed by atoms with Crippen molar-refractivity contribution in [2.45, 2.75) is 44.3 Å². The first-order chi connectivity index (χ1) is 17.8. The number of carbonyl (C=O) groups is 1. The minimum absolute atomic E-state index is 0.0790. The molecule has 3 aromatic rings. The second-order valence-electron chi connectivity index (χ2n) is 8.45. The van der Waals surface area contributed by atoms with Gasteiger partial charge in [0.05, 0.1) is 25.8 Å². The first-order valence-corrected chi connectivity index (χ1v) is 12.5. The van der Waals surface area contributed by atoms with E-state index in [1.807, 2.05) is 6.92 Å². The molecule has 1 aliphatic rings. The number of hydrogen-bond acceptors (Lipinski definition) is 10. The van der Waals surface area contributed by atoms with Crippen molar-refractivity contribution in [3.63, 3.8) is 0 Å². The van der Waals surface area contributed by atoms with Gasteiger partial charge in [0.1, 0.15) is 29.8 Å². The van der Waals surface area contributed by atoms with Crippen LogP contribution in [0.15, 0.2) is 39.7 Å². The number of aryl methyl sites for hydroxylation is 1. The standard InChI is InChI=1S/C22H23F2N2O11P/c1-11-5-14(33-2)6-12-7-15(36-18(11)12)9-34-17(27)8-13-3-4-26(21(29)25-13)20-22(23,24)19(28)16(37-20)10-35-38(30,31)32/h3-7,16,19-20,28H,8-10H2,1-2H3,(H2,30,31,32)/t16-,19-,20-/m1/s1. The van der Waals surface area contributed by atoms with Crippen LogP contribution in [0.1, 0.15) is 23.2 Å². The van der Waals surface area contributed by atoms with Crippen LogP contribution >= 0.6 is 7.82 Å². The second-order valence-corrected chi connectivity index (χ2v) is 9.69. The third kappa shape index (κ3) is 5.93. The number of furan rings is 1. The number of hydrogen-bond donors (Lipinski definition) is 3. The van der Waals surface area contributed by atoms with E-state index in [4.69, 9.17) is 28.4 Å². The van der Waals surface area contributed by atoms with Crippen LogP contribution < -0.4 is 10.4 Å². The topological polar surface area (TPSA) is 180 Å². The van der Waals surface area contributed by atoms with E-state index >= 15 is 0 Å². The molecular formula is C22H23F2N2O11P. The van der Waals surface area contributed by atoms with Crippen molar-refractivity contribution in [3.8, 4) is 5.75 Å². The van der Waals surface area contributed by atoms with Crippen LogP contribution in [0.3, 0.4) is 0 Å². The number of aromatic nitrogens is 2. The molecule has 0 aliphatic carbocycles. The van der Waals surface area contributed by atoms with E-state index in [0.717, 1.165) is 23.2 Å².